The molecule has 1 fully saturated rings. The summed E-state index contributed by atoms with van der Waals surface area (Å²) in [6.07, 6.45) is 3.56. The molecule has 0 bridgehead atoms. The minimum atomic E-state index is -1.16. The fourth-order valence-corrected chi connectivity index (χ4v) is 4.97. The molecule has 1 heterocycles. The van der Waals surface area contributed by atoms with E-state index in [2.05, 4.69) is 26.3 Å². The molecule has 6 atom stereocenters. The number of aliphatic carboxylic acids is 1. The molecule has 1 aromatic heterocycles. The topological polar surface area (TPSA) is 187 Å². The molecule has 2 rings (SSSR count). The summed E-state index contributed by atoms with van der Waals surface area (Å²) in [5.74, 6) is -2.58. The number of carbonyl (C=O) groups is 5. The highest BCUT2D eigenvalue weighted by atomic mass is 16.4. The third-order valence-electron chi connectivity index (χ3n) is 7.93. The van der Waals surface area contributed by atoms with Crippen LogP contribution in [0.4, 0.5) is 0 Å². The van der Waals surface area contributed by atoms with E-state index >= 15 is 0 Å². The number of aliphatic hydroxyl groups is 1. The Kier molecular flexibility index (Phi) is 15.3. The van der Waals surface area contributed by atoms with Crippen molar-refractivity contribution in [3.05, 3.63) is 30.1 Å². The molecular weight excluding hydrogens is 566 g/mol. The number of nitrogens with zero attached hydrogens (tertiary/aromatic N) is 1. The van der Waals surface area contributed by atoms with Crippen LogP contribution in [0, 0.1) is 17.8 Å². The number of aliphatic hydroxyl groups excluding tert-OH is 1. The van der Waals surface area contributed by atoms with Crippen LogP contribution < -0.4 is 21.3 Å². The SMILES string of the molecule is CC[C@H](C)[C@H](NC(=O)CCCC(=O)O)C(=O)N[C@@H](CC1CC1)C(=O)N[C@@H](CC(C)C)[C@@H](O)CC(=O)NC(C)c1ccccn1. The predicted molar refractivity (Wildman–Crippen MR) is 165 cm³/mol. The number of rotatable bonds is 20. The van der Waals surface area contributed by atoms with Gasteiger partial charge in [-0.05, 0) is 56.1 Å². The maximum atomic E-state index is 13.6. The fourth-order valence-electron chi connectivity index (χ4n) is 4.97. The Bertz CT molecular complexity index is 1100. The Labute approximate surface area is 260 Å². The van der Waals surface area contributed by atoms with E-state index in [1.165, 1.54) is 0 Å². The third-order valence-corrected chi connectivity index (χ3v) is 7.93. The van der Waals surface area contributed by atoms with Crippen LogP contribution in [-0.4, -0.2) is 69.0 Å². The zero-order chi connectivity index (χ0) is 32.8. The van der Waals surface area contributed by atoms with Crippen LogP contribution in [0.15, 0.2) is 24.4 Å². The lowest BCUT2D eigenvalue weighted by Crippen LogP contribution is -2.57. The molecule has 12 nitrogen and oxygen atoms in total. The van der Waals surface area contributed by atoms with Gasteiger partial charge in [-0.1, -0.05) is 53.0 Å². The molecule has 0 saturated heterocycles. The van der Waals surface area contributed by atoms with E-state index < -0.39 is 47.9 Å². The molecule has 0 radical (unpaired) electrons. The third kappa shape index (κ3) is 13.4. The van der Waals surface area contributed by atoms with Crippen molar-refractivity contribution >= 4 is 29.6 Å². The van der Waals surface area contributed by atoms with Gasteiger partial charge in [-0.25, -0.2) is 0 Å². The fraction of sp³-hybridized carbons (Fsp3) is 0.688. The lowest BCUT2D eigenvalue weighted by molar-refractivity contribution is -0.137. The van der Waals surface area contributed by atoms with Crippen LogP contribution in [0.25, 0.3) is 0 Å². The Balaban J connectivity index is 2.08. The van der Waals surface area contributed by atoms with Crippen LogP contribution in [0.5, 0.6) is 0 Å². The molecule has 1 aliphatic carbocycles. The van der Waals surface area contributed by atoms with E-state index in [1.807, 2.05) is 33.8 Å². The lowest BCUT2D eigenvalue weighted by Gasteiger charge is -2.30. The molecule has 246 valence electrons. The predicted octanol–water partition coefficient (Wildman–Crippen LogP) is 2.61. The Morgan fingerprint density at radius 3 is 2.20 bits per heavy atom. The van der Waals surface area contributed by atoms with E-state index in [0.29, 0.717) is 25.0 Å². The average Bonchev–Trinajstić information content (AvgIpc) is 3.78. The molecule has 4 amide bonds. The van der Waals surface area contributed by atoms with Crippen molar-refractivity contribution in [2.45, 2.75) is 123 Å². The zero-order valence-electron chi connectivity index (χ0n) is 26.7. The van der Waals surface area contributed by atoms with Crippen LogP contribution in [-0.2, 0) is 24.0 Å². The molecule has 44 heavy (non-hydrogen) atoms. The normalized spacial score (nSPS) is 17.0. The summed E-state index contributed by atoms with van der Waals surface area (Å²) in [5, 5.41) is 31.2. The maximum absolute atomic E-state index is 13.6. The van der Waals surface area contributed by atoms with Gasteiger partial charge in [0, 0.05) is 19.0 Å². The molecule has 0 aromatic carbocycles. The summed E-state index contributed by atoms with van der Waals surface area (Å²) in [4.78, 5) is 67.3. The van der Waals surface area contributed by atoms with Gasteiger partial charge < -0.3 is 31.5 Å². The number of aromatic nitrogens is 1. The summed E-state index contributed by atoms with van der Waals surface area (Å²) < 4.78 is 0. The molecule has 1 aliphatic rings. The lowest BCUT2D eigenvalue weighted by atomic mass is 9.95. The highest BCUT2D eigenvalue weighted by Crippen LogP contribution is 2.33. The highest BCUT2D eigenvalue weighted by molar-refractivity contribution is 5.92. The van der Waals surface area contributed by atoms with E-state index in [4.69, 9.17) is 5.11 Å². The van der Waals surface area contributed by atoms with Crippen LogP contribution in [0.3, 0.4) is 0 Å². The number of hydrogen-bond donors (Lipinski definition) is 6. The molecular formula is C32H51N5O7. The number of carboxylic acids is 1. The minimum Gasteiger partial charge on any atom is -0.481 e. The van der Waals surface area contributed by atoms with Crippen molar-refractivity contribution in [3.63, 3.8) is 0 Å². The second-order valence-corrected chi connectivity index (χ2v) is 12.5. The minimum absolute atomic E-state index is 0.0263. The highest BCUT2D eigenvalue weighted by Gasteiger charge is 2.35. The number of hydrogen-bond acceptors (Lipinski definition) is 7. The van der Waals surface area contributed by atoms with Crippen LogP contribution in [0.2, 0.25) is 0 Å². The molecule has 12 heteroatoms. The zero-order valence-corrected chi connectivity index (χ0v) is 26.7. The first-order valence-electron chi connectivity index (χ1n) is 15.8. The van der Waals surface area contributed by atoms with Crippen molar-refractivity contribution in [1.29, 1.82) is 0 Å². The Hall–Kier alpha value is -3.54. The number of carboxylic acid groups (broad SMARTS) is 1. The van der Waals surface area contributed by atoms with Gasteiger partial charge in [-0.3, -0.25) is 29.0 Å². The van der Waals surface area contributed by atoms with Gasteiger partial charge in [0.2, 0.25) is 23.6 Å². The summed E-state index contributed by atoms with van der Waals surface area (Å²) in [6, 6.07) is 2.55. The van der Waals surface area contributed by atoms with Gasteiger partial charge in [0.05, 0.1) is 30.3 Å². The number of pyridine rings is 1. The summed E-state index contributed by atoms with van der Waals surface area (Å²) in [7, 11) is 0. The van der Waals surface area contributed by atoms with Crippen molar-refractivity contribution in [2.75, 3.05) is 0 Å². The average molecular weight is 618 g/mol. The number of carbonyl (C=O) groups excluding carboxylic acids is 4. The van der Waals surface area contributed by atoms with Crippen molar-refractivity contribution in [1.82, 2.24) is 26.3 Å². The van der Waals surface area contributed by atoms with Crippen LogP contribution >= 0.6 is 0 Å². The van der Waals surface area contributed by atoms with Gasteiger partial charge in [0.15, 0.2) is 0 Å². The second kappa shape index (κ2) is 18.3. The summed E-state index contributed by atoms with van der Waals surface area (Å²) in [5.41, 5.74) is 0.688. The largest absolute Gasteiger partial charge is 0.481 e. The van der Waals surface area contributed by atoms with Gasteiger partial charge in [-0.15, -0.1) is 0 Å². The molecule has 1 saturated carbocycles. The Morgan fingerprint density at radius 2 is 1.64 bits per heavy atom. The van der Waals surface area contributed by atoms with E-state index in [9.17, 15) is 29.1 Å². The monoisotopic (exact) mass is 617 g/mol. The van der Waals surface area contributed by atoms with E-state index in [0.717, 1.165) is 12.8 Å². The van der Waals surface area contributed by atoms with Crippen molar-refractivity contribution < 1.29 is 34.2 Å². The van der Waals surface area contributed by atoms with Gasteiger partial charge in [0.1, 0.15) is 12.1 Å². The smallest absolute Gasteiger partial charge is 0.303 e. The maximum Gasteiger partial charge on any atom is 0.303 e. The molecule has 0 aliphatic heterocycles. The van der Waals surface area contributed by atoms with Crippen molar-refractivity contribution in [3.8, 4) is 0 Å². The quantitative estimate of drug-likeness (QED) is 0.129. The summed E-state index contributed by atoms with van der Waals surface area (Å²) >= 11 is 0. The van der Waals surface area contributed by atoms with E-state index in [-0.39, 0.29) is 55.4 Å². The first-order chi connectivity index (χ1) is 20.8. The Morgan fingerprint density at radius 1 is 0.932 bits per heavy atom. The van der Waals surface area contributed by atoms with Gasteiger partial charge >= 0.3 is 5.97 Å². The van der Waals surface area contributed by atoms with Crippen LogP contribution in [0.1, 0.15) is 104 Å². The molecule has 0 spiro atoms. The van der Waals surface area contributed by atoms with Gasteiger partial charge in [0.25, 0.3) is 0 Å². The number of nitrogens with one attached hydrogen (secondary N) is 4. The first-order valence-corrected chi connectivity index (χ1v) is 15.8. The number of amides is 4. The molecule has 1 unspecified atom stereocenters. The van der Waals surface area contributed by atoms with Gasteiger partial charge in [-0.2, -0.15) is 0 Å². The van der Waals surface area contributed by atoms with Crippen molar-refractivity contribution in [2.24, 2.45) is 17.8 Å². The molecule has 6 N–H and O–H groups in total. The summed E-state index contributed by atoms with van der Waals surface area (Å²) in [6.45, 7) is 9.42. The first kappa shape index (κ1) is 36.7. The molecule has 1 aromatic rings. The standard InChI is InChI=1S/C32H51N5O7/c1-6-20(4)30(37-27(39)11-9-12-29(41)42)32(44)36-25(17-22-13-14-22)31(43)35-24(16-19(2)3)26(38)18-28(40)34-21(5)23-10-7-8-15-33-23/h7-8,10,15,19-22,24-26,30,38H,6,9,11-14,16-18H2,1-5H3,(H,34,40)(H,35,43)(H,36,44)(H,37,39)(H,41,42)/t20-,21?,24-,25-,26-,30-/m0/s1. The second-order valence-electron chi connectivity index (χ2n) is 12.5. The van der Waals surface area contributed by atoms with E-state index in [1.54, 1.807) is 25.3 Å².